The number of esters is 2. The molecule has 7 atom stereocenters. The Morgan fingerprint density at radius 3 is 2.40 bits per heavy atom. The lowest BCUT2D eigenvalue weighted by molar-refractivity contribution is -0.189. The van der Waals surface area contributed by atoms with Gasteiger partial charge in [-0.1, -0.05) is 6.07 Å². The van der Waals surface area contributed by atoms with Crippen molar-refractivity contribution in [3.8, 4) is 46.3 Å². The van der Waals surface area contributed by atoms with Crippen molar-refractivity contribution in [1.82, 2.24) is 15.1 Å². The van der Waals surface area contributed by atoms with E-state index in [0.717, 1.165) is 5.56 Å². The minimum atomic E-state index is -5.39. The van der Waals surface area contributed by atoms with Crippen LogP contribution in [0, 0.1) is 25.2 Å². The number of likely N-dealkylation sites (N-methyl/N-ethyl adjacent to an activating group) is 1. The summed E-state index contributed by atoms with van der Waals surface area (Å²) in [5, 5.41) is 25.7. The lowest BCUT2D eigenvalue weighted by Crippen LogP contribution is -2.69. The second kappa shape index (κ2) is 15.8. The van der Waals surface area contributed by atoms with Crippen molar-refractivity contribution in [3.63, 3.8) is 0 Å². The van der Waals surface area contributed by atoms with Gasteiger partial charge in [-0.25, -0.2) is 14.4 Å². The minimum absolute atomic E-state index is 0.0474. The fourth-order valence-electron chi connectivity index (χ4n) is 10.6. The molecule has 0 aromatic heterocycles. The van der Waals surface area contributed by atoms with Gasteiger partial charge in [-0.15, -0.1) is 11.8 Å². The van der Waals surface area contributed by atoms with E-state index in [-0.39, 0.29) is 70.3 Å². The molecule has 7 heterocycles. The van der Waals surface area contributed by atoms with Crippen LogP contribution in [0.25, 0.3) is 0 Å². The molecule has 10 rings (SSSR count). The highest BCUT2D eigenvalue weighted by Crippen LogP contribution is 2.65. The molecular weight excluding hydrogens is 878 g/mol. The van der Waals surface area contributed by atoms with Gasteiger partial charge >= 0.3 is 24.3 Å². The lowest BCUT2D eigenvalue weighted by atomic mass is 9.71. The number of alkyl halides is 3. The molecule has 65 heavy (non-hydrogen) atoms. The van der Waals surface area contributed by atoms with Crippen LogP contribution in [-0.2, 0) is 37.4 Å². The number of carbonyl (C=O) groups is 3. The van der Waals surface area contributed by atoms with Crippen LogP contribution in [-0.4, -0.2) is 110 Å². The van der Waals surface area contributed by atoms with E-state index < -0.39 is 83.2 Å². The molecule has 346 valence electrons. The van der Waals surface area contributed by atoms with E-state index in [2.05, 4.69) is 11.4 Å². The Balaban J connectivity index is 1.28. The summed E-state index contributed by atoms with van der Waals surface area (Å²) in [6.07, 6.45) is -5.64. The number of phenols is 1. The van der Waals surface area contributed by atoms with Crippen molar-refractivity contribution in [2.45, 2.75) is 100 Å². The van der Waals surface area contributed by atoms with Crippen LogP contribution >= 0.6 is 11.8 Å². The van der Waals surface area contributed by atoms with Gasteiger partial charge < -0.3 is 43.0 Å². The molecule has 3 aromatic carbocycles. The standard InChI is InChI=1S/C45H47F3N4O12S/c1-19-11-22-12-24-25(15-49)52-26-16-59-40(54)44(23-14-27(57-7)28(13-21(23)9-10-50-44)62-42(56)64-43(3,4)5)17-65-39(33(52)32(51(24)6)29(22)34(53)35(19)58-8)31-30(26)38-37(60-18-61-38)20(2)36(31)63-41(55)45(46,47)48/h11,13-14,24-26,32-33,39,50,53H,9-10,12,16-18H2,1-8H3/t24-,25-,26-,32?,33?,39+,44+/m0/s1. The van der Waals surface area contributed by atoms with E-state index in [1.807, 2.05) is 22.9 Å². The van der Waals surface area contributed by atoms with Crippen LogP contribution in [0.4, 0.5) is 18.0 Å². The first-order valence-electron chi connectivity index (χ1n) is 20.9. The van der Waals surface area contributed by atoms with E-state index >= 15 is 4.79 Å². The fourth-order valence-corrected chi connectivity index (χ4v) is 12.3. The molecule has 16 nitrogen and oxygen atoms in total. The third-order valence-electron chi connectivity index (χ3n) is 13.2. The topological polar surface area (TPSA) is 188 Å². The first-order chi connectivity index (χ1) is 30.7. The summed E-state index contributed by atoms with van der Waals surface area (Å²) in [6, 6.07) is 3.51. The van der Waals surface area contributed by atoms with Gasteiger partial charge in [0.15, 0.2) is 40.0 Å². The third-order valence-corrected chi connectivity index (χ3v) is 14.7. The maximum absolute atomic E-state index is 15.0. The van der Waals surface area contributed by atoms with Gasteiger partial charge in [0.05, 0.1) is 37.6 Å². The van der Waals surface area contributed by atoms with Gasteiger partial charge in [-0.3, -0.25) is 15.1 Å². The molecular formula is C45H47F3N4O12S. The van der Waals surface area contributed by atoms with Gasteiger partial charge in [0.2, 0.25) is 6.79 Å². The third kappa shape index (κ3) is 6.95. The van der Waals surface area contributed by atoms with Crippen molar-refractivity contribution in [1.29, 1.82) is 5.26 Å². The number of aromatic hydroxyl groups is 1. The van der Waals surface area contributed by atoms with Crippen LogP contribution < -0.4 is 33.7 Å². The molecule has 1 spiro atoms. The van der Waals surface area contributed by atoms with Crippen LogP contribution in [0.3, 0.4) is 0 Å². The zero-order valence-corrected chi connectivity index (χ0v) is 37.6. The minimum Gasteiger partial charge on any atom is -0.504 e. The van der Waals surface area contributed by atoms with Gasteiger partial charge in [0.1, 0.15) is 24.0 Å². The highest BCUT2D eigenvalue weighted by molar-refractivity contribution is 7.99. The van der Waals surface area contributed by atoms with Gasteiger partial charge in [-0.05, 0) is 88.9 Å². The van der Waals surface area contributed by atoms with Gasteiger partial charge in [-0.2, -0.15) is 18.4 Å². The second-order valence-corrected chi connectivity index (χ2v) is 19.1. The maximum Gasteiger partial charge on any atom is 0.514 e. The number of nitrogens with one attached hydrogen (secondary N) is 1. The number of nitrogens with zero attached hydrogens (tertiary/aromatic N) is 3. The summed E-state index contributed by atoms with van der Waals surface area (Å²) in [5.74, 6) is -3.23. The summed E-state index contributed by atoms with van der Waals surface area (Å²) < 4.78 is 88.9. The number of nitriles is 1. The molecule has 7 aliphatic rings. The van der Waals surface area contributed by atoms with Crippen molar-refractivity contribution in [3.05, 3.63) is 62.7 Å². The number of ether oxygens (including phenoxy) is 8. The zero-order chi connectivity index (χ0) is 46.7. The zero-order valence-electron chi connectivity index (χ0n) is 36.8. The Labute approximate surface area is 376 Å². The smallest absolute Gasteiger partial charge is 0.504 e. The monoisotopic (exact) mass is 924 g/mol. The summed E-state index contributed by atoms with van der Waals surface area (Å²) in [4.78, 5) is 44.7. The van der Waals surface area contributed by atoms with Crippen LogP contribution in [0.15, 0.2) is 18.2 Å². The Bertz CT molecular complexity index is 2580. The van der Waals surface area contributed by atoms with E-state index in [4.69, 9.17) is 37.9 Å². The predicted octanol–water partition coefficient (Wildman–Crippen LogP) is 6.14. The number of carbonyl (C=O) groups excluding carboxylic acids is 3. The largest absolute Gasteiger partial charge is 0.514 e. The maximum atomic E-state index is 15.0. The average molecular weight is 925 g/mol. The number of piperazine rings is 1. The SMILES string of the molecule is COc1cc2c(cc1OC(=O)OC(C)(C)C)CCN[C@]21CS[C@@H]2c3c(OC(=O)C(F)(F)F)c(C)c4c(c3[C@H](COC1=O)N1C2C2c3c(cc(C)c(OC)c3O)C[C@@H]([C@@H]1C#N)N2C)OCO4. The van der Waals surface area contributed by atoms with E-state index in [9.17, 15) is 33.1 Å². The number of phenolic OH excluding ortho intramolecular Hbond substituents is 1. The van der Waals surface area contributed by atoms with Crippen molar-refractivity contribution >= 4 is 29.9 Å². The van der Waals surface area contributed by atoms with Crippen molar-refractivity contribution in [2.75, 3.05) is 47.0 Å². The highest BCUT2D eigenvalue weighted by Gasteiger charge is 2.62. The highest BCUT2D eigenvalue weighted by atomic mass is 32.2. The fraction of sp³-hybridized carbons (Fsp3) is 0.511. The molecule has 0 saturated carbocycles. The molecule has 2 unspecified atom stereocenters. The molecule has 4 bridgehead atoms. The number of hydrogen-bond donors (Lipinski definition) is 2. The van der Waals surface area contributed by atoms with E-state index in [0.29, 0.717) is 35.1 Å². The number of benzene rings is 3. The predicted molar refractivity (Wildman–Crippen MR) is 224 cm³/mol. The number of methoxy groups -OCH3 is 2. The van der Waals surface area contributed by atoms with Crippen LogP contribution in [0.5, 0.6) is 40.2 Å². The Morgan fingerprint density at radius 1 is 0.985 bits per heavy atom. The molecule has 0 amide bonds. The Hall–Kier alpha value is -5.62. The molecule has 2 N–H and O–H groups in total. The number of halogens is 3. The first-order valence-corrected chi connectivity index (χ1v) is 22.0. The van der Waals surface area contributed by atoms with E-state index in [1.165, 1.54) is 32.9 Å². The second-order valence-electron chi connectivity index (χ2n) is 17.9. The summed E-state index contributed by atoms with van der Waals surface area (Å²) in [7, 11) is 4.65. The lowest BCUT2D eigenvalue weighted by Gasteiger charge is -2.62. The molecule has 0 aliphatic carbocycles. The van der Waals surface area contributed by atoms with Gasteiger partial charge in [0, 0.05) is 46.6 Å². The number of hydrogen-bond acceptors (Lipinski definition) is 17. The van der Waals surface area contributed by atoms with Crippen LogP contribution in [0.1, 0.15) is 82.6 Å². The number of thioether (sulfide) groups is 1. The summed E-state index contributed by atoms with van der Waals surface area (Å²) in [5.41, 5.74) is 0.972. The number of aryl methyl sites for hydroxylation is 1. The summed E-state index contributed by atoms with van der Waals surface area (Å²) >= 11 is 1.18. The Kier molecular flexibility index (Phi) is 10.8. The number of fused-ring (bicyclic) bond motifs is 9. The molecule has 2 fully saturated rings. The normalized spacial score (nSPS) is 26.7. The average Bonchev–Trinajstić information content (AvgIpc) is 3.73. The quantitative estimate of drug-likeness (QED) is 0.173. The molecule has 3 aromatic rings. The van der Waals surface area contributed by atoms with E-state index in [1.54, 1.807) is 39.8 Å². The molecule has 7 aliphatic heterocycles. The molecule has 20 heteroatoms. The number of rotatable bonds is 4. The first kappa shape index (κ1) is 44.6. The molecule has 2 saturated heterocycles. The molecule has 0 radical (unpaired) electrons. The Morgan fingerprint density at radius 2 is 1.72 bits per heavy atom. The van der Waals surface area contributed by atoms with Crippen LogP contribution in [0.2, 0.25) is 0 Å². The summed E-state index contributed by atoms with van der Waals surface area (Å²) in [6.45, 7) is 7.84. The van der Waals surface area contributed by atoms with Gasteiger partial charge in [0.25, 0.3) is 0 Å². The van der Waals surface area contributed by atoms with Crippen molar-refractivity contribution < 1.29 is 70.6 Å². The van der Waals surface area contributed by atoms with Crippen molar-refractivity contribution in [2.24, 2.45) is 0 Å².